The molecule has 0 spiro atoms. The topological polar surface area (TPSA) is 54.6 Å². The zero-order chi connectivity index (χ0) is 29.9. The van der Waals surface area contributed by atoms with Crippen LogP contribution < -0.4 is 10.0 Å². The molecule has 0 aliphatic carbocycles. The van der Waals surface area contributed by atoms with Gasteiger partial charge >= 0.3 is 0 Å². The van der Waals surface area contributed by atoms with E-state index >= 15 is 0 Å². The van der Waals surface area contributed by atoms with Gasteiger partial charge in [-0.25, -0.2) is 0 Å². The average molecular weight is 572 g/mol. The lowest BCUT2D eigenvalue weighted by Crippen LogP contribution is -2.21. The Morgan fingerprint density at radius 2 is 1.09 bits per heavy atom. The number of rotatable bonds is 15. The van der Waals surface area contributed by atoms with E-state index in [1.54, 1.807) is 0 Å². The monoisotopic (exact) mass is 571 g/mol. The quantitative estimate of drug-likeness (QED) is 0.0557. The third kappa shape index (κ3) is 7.13. The Bertz CT molecular complexity index is 1590. The van der Waals surface area contributed by atoms with Crippen LogP contribution in [0.25, 0.3) is 21.8 Å². The summed E-state index contributed by atoms with van der Waals surface area (Å²) in [7, 11) is 0. The third-order valence-electron chi connectivity index (χ3n) is 7.11. The molecule has 0 bridgehead atoms. The number of aryl methyl sites for hydroxylation is 1. The third-order valence-corrected chi connectivity index (χ3v) is 7.11. The number of benzene rings is 4. The second-order valence-corrected chi connectivity index (χ2v) is 9.78. The molecule has 0 saturated carbocycles. The Balaban J connectivity index is 1.47. The molecule has 0 radical (unpaired) electrons. The van der Waals surface area contributed by atoms with E-state index in [-0.39, 0.29) is 0 Å². The summed E-state index contributed by atoms with van der Waals surface area (Å²) in [6.45, 7) is 12.5. The first-order chi connectivity index (χ1) is 21.2. The van der Waals surface area contributed by atoms with Gasteiger partial charge in [-0.3, -0.25) is 10.0 Å². The highest BCUT2D eigenvalue weighted by molar-refractivity contribution is 6.10. The molecule has 1 aromatic heterocycles. The molecule has 0 amide bonds. The molecular formula is C36H37N5O2. The number of anilines is 2. The molecule has 1 heterocycles. The molecule has 0 saturated heterocycles. The molecule has 7 heteroatoms. The molecule has 5 aromatic rings. The van der Waals surface area contributed by atoms with Gasteiger partial charge in [0.05, 0.1) is 49.4 Å². The molecule has 0 aliphatic rings. The molecule has 0 N–H and O–H groups in total. The lowest BCUT2D eigenvalue weighted by Gasteiger charge is -2.18. The number of hydrogen-bond donors (Lipinski definition) is 0. The van der Waals surface area contributed by atoms with E-state index in [0.29, 0.717) is 26.3 Å². The summed E-state index contributed by atoms with van der Waals surface area (Å²) >= 11 is 0. The highest BCUT2D eigenvalue weighted by atomic mass is 16.5. The molecule has 5 rings (SSSR count). The van der Waals surface area contributed by atoms with Gasteiger partial charge in [0.25, 0.3) is 0 Å². The highest BCUT2D eigenvalue weighted by Gasteiger charge is 2.12. The molecule has 7 nitrogen and oxygen atoms in total. The van der Waals surface area contributed by atoms with Crippen molar-refractivity contribution in [2.75, 3.05) is 36.3 Å². The van der Waals surface area contributed by atoms with Crippen LogP contribution >= 0.6 is 0 Å². The standard InChI is InChI=1S/C36H37N5O2/c1-4-39-35-19-17-29(27-37-40(21-23-42-5-2)31-13-9-7-10-14-31)25-33(35)34-26-30(18-20-36(34)39)28-38-41(22-24-43-6-3)32-15-11-8-12-16-32/h5-20,25-28H,2-4,21-24H2,1H3. The van der Waals surface area contributed by atoms with Crippen molar-refractivity contribution in [1.82, 2.24) is 4.57 Å². The van der Waals surface area contributed by atoms with Crippen LogP contribution in [-0.4, -0.2) is 43.3 Å². The molecule has 0 unspecified atom stereocenters. The van der Waals surface area contributed by atoms with Crippen LogP contribution in [0.15, 0.2) is 133 Å². The van der Waals surface area contributed by atoms with Crippen molar-refractivity contribution in [3.8, 4) is 0 Å². The molecular weight excluding hydrogens is 534 g/mol. The van der Waals surface area contributed by atoms with Crippen molar-refractivity contribution in [1.29, 1.82) is 0 Å². The number of hydrazone groups is 2. The van der Waals surface area contributed by atoms with E-state index in [4.69, 9.17) is 19.7 Å². The maximum absolute atomic E-state index is 5.38. The summed E-state index contributed by atoms with van der Waals surface area (Å²) in [5.74, 6) is 0. The fraction of sp³-hybridized carbons (Fsp3) is 0.167. The average Bonchev–Trinajstić information content (AvgIpc) is 3.37. The van der Waals surface area contributed by atoms with Crippen molar-refractivity contribution in [2.45, 2.75) is 13.5 Å². The van der Waals surface area contributed by atoms with Crippen molar-refractivity contribution in [3.05, 3.63) is 134 Å². The first-order valence-electron chi connectivity index (χ1n) is 14.5. The van der Waals surface area contributed by atoms with Gasteiger partial charge in [-0.2, -0.15) is 10.2 Å². The van der Waals surface area contributed by atoms with Crippen LogP contribution in [0.2, 0.25) is 0 Å². The highest BCUT2D eigenvalue weighted by Crippen LogP contribution is 2.30. The van der Waals surface area contributed by atoms with Crippen LogP contribution in [0, 0.1) is 0 Å². The van der Waals surface area contributed by atoms with Crippen LogP contribution in [0.5, 0.6) is 0 Å². The predicted octanol–water partition coefficient (Wildman–Crippen LogP) is 7.82. The Morgan fingerprint density at radius 3 is 1.49 bits per heavy atom. The van der Waals surface area contributed by atoms with Gasteiger partial charge in [0, 0.05) is 28.4 Å². The number of para-hydroxylation sites is 2. The fourth-order valence-corrected chi connectivity index (χ4v) is 5.07. The second-order valence-electron chi connectivity index (χ2n) is 9.78. The van der Waals surface area contributed by atoms with Gasteiger partial charge in [-0.05, 0) is 66.6 Å². The van der Waals surface area contributed by atoms with Crippen LogP contribution in [0.3, 0.4) is 0 Å². The Morgan fingerprint density at radius 1 is 0.651 bits per heavy atom. The molecule has 0 aliphatic heterocycles. The summed E-state index contributed by atoms with van der Waals surface area (Å²) in [5.41, 5.74) is 6.42. The zero-order valence-electron chi connectivity index (χ0n) is 24.5. The minimum absolute atomic E-state index is 0.492. The summed E-state index contributed by atoms with van der Waals surface area (Å²) < 4.78 is 13.1. The maximum Gasteiger partial charge on any atom is 0.107 e. The Kier molecular flexibility index (Phi) is 9.88. The van der Waals surface area contributed by atoms with Gasteiger partial charge in [-0.1, -0.05) is 61.7 Å². The minimum Gasteiger partial charge on any atom is -0.500 e. The maximum atomic E-state index is 5.38. The van der Waals surface area contributed by atoms with Crippen molar-refractivity contribution < 1.29 is 9.47 Å². The number of nitrogens with zero attached hydrogens (tertiary/aromatic N) is 5. The van der Waals surface area contributed by atoms with E-state index in [1.165, 1.54) is 34.3 Å². The fourth-order valence-electron chi connectivity index (χ4n) is 5.07. The van der Waals surface area contributed by atoms with Crippen LogP contribution in [0.1, 0.15) is 18.1 Å². The van der Waals surface area contributed by atoms with E-state index in [1.807, 2.05) is 83.1 Å². The summed E-state index contributed by atoms with van der Waals surface area (Å²) in [6.07, 6.45) is 6.73. The van der Waals surface area contributed by atoms with Crippen molar-refractivity contribution in [2.24, 2.45) is 10.2 Å². The molecule has 0 fully saturated rings. The van der Waals surface area contributed by atoms with E-state index < -0.39 is 0 Å². The van der Waals surface area contributed by atoms with E-state index in [9.17, 15) is 0 Å². The number of hydrogen-bond acceptors (Lipinski definition) is 6. The van der Waals surface area contributed by atoms with E-state index in [2.05, 4.69) is 61.0 Å². The van der Waals surface area contributed by atoms with Crippen molar-refractivity contribution >= 4 is 45.6 Å². The lowest BCUT2D eigenvalue weighted by atomic mass is 10.1. The number of aromatic nitrogens is 1. The van der Waals surface area contributed by atoms with Gasteiger partial charge in [0.1, 0.15) is 13.2 Å². The second kappa shape index (κ2) is 14.5. The lowest BCUT2D eigenvalue weighted by molar-refractivity contribution is 0.258. The number of ether oxygens (including phenoxy) is 2. The molecule has 43 heavy (non-hydrogen) atoms. The largest absolute Gasteiger partial charge is 0.500 e. The van der Waals surface area contributed by atoms with Gasteiger partial charge in [0.15, 0.2) is 0 Å². The minimum atomic E-state index is 0.492. The molecule has 4 aromatic carbocycles. The Hall–Kier alpha value is -5.30. The molecule has 0 atom stereocenters. The first-order valence-corrected chi connectivity index (χ1v) is 14.5. The normalized spacial score (nSPS) is 11.4. The predicted molar refractivity (Wildman–Crippen MR) is 180 cm³/mol. The molecule has 218 valence electrons. The zero-order valence-corrected chi connectivity index (χ0v) is 24.5. The summed E-state index contributed by atoms with van der Waals surface area (Å²) in [4.78, 5) is 0. The van der Waals surface area contributed by atoms with Crippen molar-refractivity contribution in [3.63, 3.8) is 0 Å². The van der Waals surface area contributed by atoms with E-state index in [0.717, 1.165) is 29.0 Å². The van der Waals surface area contributed by atoms with Gasteiger partial charge < -0.3 is 14.0 Å². The number of fused-ring (bicyclic) bond motifs is 3. The summed E-state index contributed by atoms with van der Waals surface area (Å²) in [5, 5.41) is 15.9. The van der Waals surface area contributed by atoms with Gasteiger partial charge in [0.2, 0.25) is 0 Å². The van der Waals surface area contributed by atoms with Crippen LogP contribution in [-0.2, 0) is 16.0 Å². The Labute approximate surface area is 253 Å². The van der Waals surface area contributed by atoms with Gasteiger partial charge in [-0.15, -0.1) is 0 Å². The van der Waals surface area contributed by atoms with Crippen LogP contribution in [0.4, 0.5) is 11.4 Å². The first kappa shape index (κ1) is 29.2. The smallest absolute Gasteiger partial charge is 0.107 e. The SMILES string of the molecule is C=COCCN(N=Cc1ccc2c(c1)c1cc(C=NN(CCOC=C)c3ccccc3)ccc1n2CC)c1ccccc1. The summed E-state index contributed by atoms with van der Waals surface area (Å²) in [6, 6.07) is 33.2.